The zero-order chi connectivity index (χ0) is 11.1. The van der Waals surface area contributed by atoms with Crippen molar-refractivity contribution in [1.29, 1.82) is 0 Å². The van der Waals surface area contributed by atoms with Crippen molar-refractivity contribution >= 4 is 28.4 Å². The molecule has 1 rings (SSSR count). The fraction of sp³-hybridized carbons (Fsp3) is 0.417. The van der Waals surface area contributed by atoms with Gasteiger partial charge in [-0.3, -0.25) is 4.79 Å². The van der Waals surface area contributed by atoms with Gasteiger partial charge in [-0.25, -0.2) is 0 Å². The van der Waals surface area contributed by atoms with Gasteiger partial charge in [-0.15, -0.1) is 0 Å². The van der Waals surface area contributed by atoms with Crippen LogP contribution in [-0.4, -0.2) is 5.24 Å². The first kappa shape index (κ1) is 12.5. The van der Waals surface area contributed by atoms with E-state index in [1.165, 1.54) is 5.56 Å². The number of rotatable bonds is 6. The second-order valence-corrected chi connectivity index (χ2v) is 4.40. The number of carbonyl (C=O) groups excluding carboxylic acids is 1. The summed E-state index contributed by atoms with van der Waals surface area (Å²) in [5, 5.41) is 0.543. The van der Waals surface area contributed by atoms with Crippen molar-refractivity contribution in [2.24, 2.45) is 0 Å². The smallest absolute Gasteiger partial charge is 0.221 e. The fourth-order valence-corrected chi connectivity index (χ4v) is 1.81. The largest absolute Gasteiger partial charge is 0.281 e. The van der Waals surface area contributed by atoms with Crippen LogP contribution in [0.25, 0.3) is 0 Å². The Hall–Kier alpha value is -0.530. The summed E-state index contributed by atoms with van der Waals surface area (Å²) in [6.07, 6.45) is 4.48. The molecule has 0 saturated heterocycles. The number of carbonyl (C=O) groups is 1. The van der Waals surface area contributed by atoms with Crippen LogP contribution in [0.3, 0.4) is 0 Å². The van der Waals surface area contributed by atoms with Gasteiger partial charge >= 0.3 is 0 Å². The van der Waals surface area contributed by atoms with Crippen molar-refractivity contribution in [2.75, 3.05) is 0 Å². The van der Waals surface area contributed by atoms with Gasteiger partial charge in [0.1, 0.15) is 0 Å². The molecule has 3 heteroatoms. The topological polar surface area (TPSA) is 17.1 Å². The molecule has 0 unspecified atom stereocenters. The lowest BCUT2D eigenvalue weighted by molar-refractivity contribution is -0.111. The molecule has 15 heavy (non-hydrogen) atoms. The van der Waals surface area contributed by atoms with E-state index in [-0.39, 0.29) is 5.24 Å². The molecule has 0 bridgehead atoms. The summed E-state index contributed by atoms with van der Waals surface area (Å²) < 4.78 is 0. The van der Waals surface area contributed by atoms with Gasteiger partial charge < -0.3 is 0 Å². The molecule has 0 amide bonds. The monoisotopic (exact) mass is 244 g/mol. The van der Waals surface area contributed by atoms with Gasteiger partial charge in [0.15, 0.2) is 0 Å². The van der Waals surface area contributed by atoms with Crippen LogP contribution in [-0.2, 0) is 11.2 Å². The van der Waals surface area contributed by atoms with Gasteiger partial charge in [0.25, 0.3) is 0 Å². The highest BCUT2D eigenvalue weighted by Crippen LogP contribution is 2.13. The molecule has 0 spiro atoms. The number of benzene rings is 1. The van der Waals surface area contributed by atoms with Crippen molar-refractivity contribution < 1.29 is 4.79 Å². The Morgan fingerprint density at radius 3 is 2.67 bits per heavy atom. The average Bonchev–Trinajstić information content (AvgIpc) is 2.17. The Labute approximate surface area is 100 Å². The van der Waals surface area contributed by atoms with Gasteiger partial charge in [0.05, 0.1) is 0 Å². The van der Waals surface area contributed by atoms with Crippen molar-refractivity contribution in [2.45, 2.75) is 32.1 Å². The maximum absolute atomic E-state index is 10.5. The maximum Gasteiger partial charge on any atom is 0.221 e. The number of unbranched alkanes of at least 4 members (excludes halogenated alkanes) is 2. The number of aryl methyl sites for hydroxylation is 1. The zero-order valence-electron chi connectivity index (χ0n) is 8.51. The summed E-state index contributed by atoms with van der Waals surface area (Å²) >= 11 is 11.1. The van der Waals surface area contributed by atoms with Crippen LogP contribution in [0.2, 0.25) is 5.02 Å². The maximum atomic E-state index is 10.5. The Morgan fingerprint density at radius 1 is 1.20 bits per heavy atom. The molecule has 0 saturated carbocycles. The Kier molecular flexibility index (Phi) is 5.74. The van der Waals surface area contributed by atoms with E-state index in [0.29, 0.717) is 6.42 Å². The minimum absolute atomic E-state index is 0.238. The molecule has 0 atom stereocenters. The SMILES string of the molecule is O=C(Cl)CCCCCc1cccc(Cl)c1. The third-order valence-corrected chi connectivity index (χ3v) is 2.65. The standard InChI is InChI=1S/C12H14Cl2O/c13-11-7-4-6-10(9-11)5-2-1-3-8-12(14)15/h4,6-7,9H,1-3,5,8H2. The molecule has 0 radical (unpaired) electrons. The molecule has 0 aliphatic carbocycles. The summed E-state index contributed by atoms with van der Waals surface area (Å²) in [5.74, 6) is 0. The van der Waals surface area contributed by atoms with Crippen molar-refractivity contribution in [3.8, 4) is 0 Å². The number of hydrogen-bond donors (Lipinski definition) is 0. The lowest BCUT2D eigenvalue weighted by Gasteiger charge is -2.01. The van der Waals surface area contributed by atoms with Crippen LogP contribution in [0.15, 0.2) is 24.3 Å². The molecule has 0 fully saturated rings. The Balaban J connectivity index is 2.17. The van der Waals surface area contributed by atoms with Gasteiger partial charge in [-0.1, -0.05) is 30.2 Å². The molecular formula is C12H14Cl2O. The highest BCUT2D eigenvalue weighted by atomic mass is 35.5. The van der Waals surface area contributed by atoms with Crippen LogP contribution in [0.5, 0.6) is 0 Å². The van der Waals surface area contributed by atoms with Crippen LogP contribution in [0.4, 0.5) is 0 Å². The minimum Gasteiger partial charge on any atom is -0.281 e. The average molecular weight is 245 g/mol. The van der Waals surface area contributed by atoms with E-state index >= 15 is 0 Å². The highest BCUT2D eigenvalue weighted by Gasteiger charge is 1.97. The van der Waals surface area contributed by atoms with E-state index in [4.69, 9.17) is 23.2 Å². The Morgan fingerprint density at radius 2 is 2.00 bits per heavy atom. The molecule has 0 aromatic heterocycles. The van der Waals surface area contributed by atoms with E-state index in [1.54, 1.807) is 0 Å². The molecule has 0 aliphatic heterocycles. The molecule has 1 aromatic carbocycles. The van der Waals surface area contributed by atoms with Gasteiger partial charge in [0, 0.05) is 11.4 Å². The Bertz CT molecular complexity index is 323. The number of halogens is 2. The third kappa shape index (κ3) is 5.81. The summed E-state index contributed by atoms with van der Waals surface area (Å²) in [4.78, 5) is 10.5. The third-order valence-electron chi connectivity index (χ3n) is 2.23. The van der Waals surface area contributed by atoms with Crippen molar-refractivity contribution in [1.82, 2.24) is 0 Å². The molecular weight excluding hydrogens is 231 g/mol. The van der Waals surface area contributed by atoms with Gasteiger partial charge in [-0.2, -0.15) is 0 Å². The van der Waals surface area contributed by atoms with Crippen molar-refractivity contribution in [3.63, 3.8) is 0 Å². The molecule has 1 aromatic rings. The van der Waals surface area contributed by atoms with Gasteiger partial charge in [-0.05, 0) is 48.6 Å². The first-order valence-electron chi connectivity index (χ1n) is 5.11. The first-order chi connectivity index (χ1) is 7.18. The summed E-state index contributed by atoms with van der Waals surface area (Å²) in [6.45, 7) is 0. The van der Waals surface area contributed by atoms with E-state index in [1.807, 2.05) is 18.2 Å². The molecule has 0 heterocycles. The predicted molar refractivity (Wildman–Crippen MR) is 64.5 cm³/mol. The van der Waals surface area contributed by atoms with E-state index in [2.05, 4.69) is 6.07 Å². The number of hydrogen-bond acceptors (Lipinski definition) is 1. The van der Waals surface area contributed by atoms with E-state index in [9.17, 15) is 4.79 Å². The fourth-order valence-electron chi connectivity index (χ4n) is 1.46. The van der Waals surface area contributed by atoms with Crippen LogP contribution in [0.1, 0.15) is 31.2 Å². The summed E-state index contributed by atoms with van der Waals surface area (Å²) in [5.41, 5.74) is 1.25. The summed E-state index contributed by atoms with van der Waals surface area (Å²) in [6, 6.07) is 7.88. The molecule has 1 nitrogen and oxygen atoms in total. The highest BCUT2D eigenvalue weighted by molar-refractivity contribution is 6.63. The first-order valence-corrected chi connectivity index (χ1v) is 5.87. The van der Waals surface area contributed by atoms with Crippen molar-refractivity contribution in [3.05, 3.63) is 34.9 Å². The second-order valence-electron chi connectivity index (χ2n) is 3.55. The van der Waals surface area contributed by atoms with Crippen LogP contribution < -0.4 is 0 Å². The molecule has 82 valence electrons. The predicted octanol–water partition coefficient (Wildman–Crippen LogP) is 4.21. The quantitative estimate of drug-likeness (QED) is 0.542. The van der Waals surface area contributed by atoms with E-state index < -0.39 is 0 Å². The minimum atomic E-state index is -0.238. The zero-order valence-corrected chi connectivity index (χ0v) is 10.0. The molecule has 0 aliphatic rings. The summed E-state index contributed by atoms with van der Waals surface area (Å²) in [7, 11) is 0. The van der Waals surface area contributed by atoms with Crippen LogP contribution >= 0.6 is 23.2 Å². The van der Waals surface area contributed by atoms with E-state index in [0.717, 1.165) is 30.7 Å². The van der Waals surface area contributed by atoms with Crippen LogP contribution in [0, 0.1) is 0 Å². The lowest BCUT2D eigenvalue weighted by Crippen LogP contribution is -1.89. The second kappa shape index (κ2) is 6.86. The molecule has 0 N–H and O–H groups in total. The van der Waals surface area contributed by atoms with Gasteiger partial charge in [0.2, 0.25) is 5.24 Å². The lowest BCUT2D eigenvalue weighted by atomic mass is 10.1. The normalized spacial score (nSPS) is 10.3.